The Bertz CT molecular complexity index is 692. The Kier molecular flexibility index (Phi) is 9.07. The summed E-state index contributed by atoms with van der Waals surface area (Å²) in [5.74, 6) is 1.17. The van der Waals surface area contributed by atoms with Crippen molar-refractivity contribution in [1.29, 1.82) is 0 Å². The molecule has 1 unspecified atom stereocenters. The molecule has 30 heavy (non-hydrogen) atoms. The third-order valence-corrected chi connectivity index (χ3v) is 4.35. The van der Waals surface area contributed by atoms with Crippen LogP contribution in [0.15, 0.2) is 29.3 Å². The maximum Gasteiger partial charge on any atom is 0.422 e. The number of hydrogen-bond donors (Lipinski definition) is 3. The molecule has 1 aromatic rings. The van der Waals surface area contributed by atoms with Crippen molar-refractivity contribution in [3.05, 3.63) is 29.8 Å². The van der Waals surface area contributed by atoms with Gasteiger partial charge in [0.15, 0.2) is 12.6 Å². The minimum Gasteiger partial charge on any atom is -0.484 e. The van der Waals surface area contributed by atoms with Crippen molar-refractivity contribution in [3.63, 3.8) is 0 Å². The Balaban J connectivity index is 1.87. The van der Waals surface area contributed by atoms with E-state index < -0.39 is 18.9 Å². The van der Waals surface area contributed by atoms with E-state index in [2.05, 4.69) is 20.9 Å². The number of alkyl carbamates (subject to hydrolysis) is 1. The summed E-state index contributed by atoms with van der Waals surface area (Å²) in [6, 6.07) is 6.28. The molecule has 2 rings (SSSR count). The molecule has 1 saturated carbocycles. The van der Waals surface area contributed by atoms with Gasteiger partial charge in [-0.05, 0) is 50.3 Å². The molecule has 1 aliphatic rings. The number of rotatable bonds is 10. The van der Waals surface area contributed by atoms with Crippen LogP contribution in [-0.4, -0.2) is 50.6 Å². The Morgan fingerprint density at radius 1 is 1.20 bits per heavy atom. The Morgan fingerprint density at radius 2 is 1.90 bits per heavy atom. The first-order chi connectivity index (χ1) is 14.3. The first-order valence-electron chi connectivity index (χ1n) is 10.0. The van der Waals surface area contributed by atoms with E-state index in [1.165, 1.54) is 12.1 Å². The molecule has 0 spiro atoms. The lowest BCUT2D eigenvalue weighted by Crippen LogP contribution is -2.48. The predicted octanol–water partition coefficient (Wildman–Crippen LogP) is 3.21. The van der Waals surface area contributed by atoms with Gasteiger partial charge >= 0.3 is 12.3 Å². The van der Waals surface area contributed by atoms with Gasteiger partial charge in [0.2, 0.25) is 0 Å². The summed E-state index contributed by atoms with van der Waals surface area (Å²) >= 11 is 0. The number of nitrogens with one attached hydrogen (secondary N) is 3. The molecule has 168 valence electrons. The standard InChI is InChI=1S/C20H29F3N4O3/c1-3-24-18(26-12-17(15-7-8-15)27-19(28)29-4-2)25-11-14-5-9-16(10-6-14)30-13-20(21,22)23/h5-6,9-10,15,17H,3-4,7-8,11-13H2,1-2H3,(H,27,28)(H2,24,25,26). The number of alkyl halides is 3. The summed E-state index contributed by atoms with van der Waals surface area (Å²) in [7, 11) is 0. The van der Waals surface area contributed by atoms with Crippen LogP contribution in [-0.2, 0) is 11.3 Å². The van der Waals surface area contributed by atoms with Crippen LogP contribution >= 0.6 is 0 Å². The molecule has 10 heteroatoms. The van der Waals surface area contributed by atoms with Crippen molar-refractivity contribution in [3.8, 4) is 5.75 Å². The number of carbonyl (C=O) groups is 1. The van der Waals surface area contributed by atoms with Gasteiger partial charge in [0, 0.05) is 13.1 Å². The van der Waals surface area contributed by atoms with Crippen molar-refractivity contribution in [2.24, 2.45) is 10.9 Å². The van der Waals surface area contributed by atoms with E-state index in [1.54, 1.807) is 19.1 Å². The highest BCUT2D eigenvalue weighted by atomic mass is 19.4. The van der Waals surface area contributed by atoms with Gasteiger partial charge in [-0.25, -0.2) is 9.79 Å². The molecular weight excluding hydrogens is 401 g/mol. The molecule has 1 aliphatic carbocycles. The highest BCUT2D eigenvalue weighted by molar-refractivity contribution is 5.79. The number of benzene rings is 1. The van der Waals surface area contributed by atoms with Gasteiger partial charge in [-0.2, -0.15) is 13.2 Å². The van der Waals surface area contributed by atoms with Crippen LogP contribution in [0.1, 0.15) is 32.3 Å². The smallest absolute Gasteiger partial charge is 0.422 e. The fourth-order valence-electron chi connectivity index (χ4n) is 2.73. The van der Waals surface area contributed by atoms with Gasteiger partial charge in [0.25, 0.3) is 0 Å². The van der Waals surface area contributed by atoms with Crippen LogP contribution in [0.4, 0.5) is 18.0 Å². The van der Waals surface area contributed by atoms with Gasteiger partial charge in [-0.15, -0.1) is 0 Å². The summed E-state index contributed by atoms with van der Waals surface area (Å²) in [5.41, 5.74) is 0.829. The highest BCUT2D eigenvalue weighted by Crippen LogP contribution is 2.32. The van der Waals surface area contributed by atoms with Gasteiger partial charge in [-0.3, -0.25) is 0 Å². The molecule has 7 nitrogen and oxygen atoms in total. The Morgan fingerprint density at radius 3 is 2.47 bits per heavy atom. The van der Waals surface area contributed by atoms with E-state index in [-0.39, 0.29) is 11.8 Å². The molecule has 3 N–H and O–H groups in total. The van der Waals surface area contributed by atoms with Crippen LogP contribution in [0.3, 0.4) is 0 Å². The second kappa shape index (κ2) is 11.5. The van der Waals surface area contributed by atoms with Crippen molar-refractivity contribution in [2.45, 2.75) is 45.5 Å². The lowest BCUT2D eigenvalue weighted by molar-refractivity contribution is -0.153. The summed E-state index contributed by atoms with van der Waals surface area (Å²) in [6.45, 7) is 4.22. The summed E-state index contributed by atoms with van der Waals surface area (Å²) in [6.07, 6.45) is -2.66. The summed E-state index contributed by atoms with van der Waals surface area (Å²) < 4.78 is 46.3. The fourth-order valence-corrected chi connectivity index (χ4v) is 2.73. The van der Waals surface area contributed by atoms with Crippen LogP contribution in [0.25, 0.3) is 0 Å². The summed E-state index contributed by atoms with van der Waals surface area (Å²) in [4.78, 5) is 16.2. The number of ether oxygens (including phenoxy) is 2. The minimum absolute atomic E-state index is 0.0435. The van der Waals surface area contributed by atoms with E-state index >= 15 is 0 Å². The number of halogens is 3. The zero-order valence-electron chi connectivity index (χ0n) is 17.2. The molecule has 0 radical (unpaired) electrons. The number of guanidine groups is 1. The van der Waals surface area contributed by atoms with E-state index in [9.17, 15) is 18.0 Å². The van der Waals surface area contributed by atoms with Gasteiger partial charge < -0.3 is 25.4 Å². The Hall–Kier alpha value is -2.65. The lowest BCUT2D eigenvalue weighted by atomic mass is 10.2. The predicted molar refractivity (Wildman–Crippen MR) is 107 cm³/mol. The average molecular weight is 430 g/mol. The van der Waals surface area contributed by atoms with Gasteiger partial charge in [-0.1, -0.05) is 12.1 Å². The second-order valence-electron chi connectivity index (χ2n) is 6.93. The molecule has 1 amide bonds. The number of carbonyl (C=O) groups excluding carboxylic acids is 1. The van der Waals surface area contributed by atoms with E-state index in [0.717, 1.165) is 18.4 Å². The molecule has 0 saturated heterocycles. The number of nitrogens with zero attached hydrogens (tertiary/aromatic N) is 1. The zero-order chi connectivity index (χ0) is 22.0. The molecule has 0 aliphatic heterocycles. The van der Waals surface area contributed by atoms with Crippen LogP contribution < -0.4 is 20.7 Å². The number of aliphatic imine (C=N–C) groups is 1. The molecule has 0 bridgehead atoms. The zero-order valence-corrected chi connectivity index (χ0v) is 17.2. The third-order valence-electron chi connectivity index (χ3n) is 4.35. The molecule has 0 aromatic heterocycles. The van der Waals surface area contributed by atoms with E-state index in [4.69, 9.17) is 9.47 Å². The first-order valence-corrected chi connectivity index (χ1v) is 10.0. The fraction of sp³-hybridized carbons (Fsp3) is 0.600. The quantitative estimate of drug-likeness (QED) is 0.392. The second-order valence-corrected chi connectivity index (χ2v) is 6.93. The molecule has 1 atom stereocenters. The SMILES string of the molecule is CCNC(=NCc1ccc(OCC(F)(F)F)cc1)NCC(NC(=O)OCC)C1CC1. The maximum absolute atomic E-state index is 12.2. The van der Waals surface area contributed by atoms with Crippen LogP contribution in [0.5, 0.6) is 5.75 Å². The first kappa shape index (κ1) is 23.6. The van der Waals surface area contributed by atoms with Crippen LogP contribution in [0.2, 0.25) is 0 Å². The average Bonchev–Trinajstić information content (AvgIpc) is 3.53. The van der Waals surface area contributed by atoms with Crippen LogP contribution in [0, 0.1) is 5.92 Å². The molecule has 1 fully saturated rings. The van der Waals surface area contributed by atoms with E-state index in [0.29, 0.717) is 38.1 Å². The van der Waals surface area contributed by atoms with E-state index in [1.807, 2.05) is 6.92 Å². The third kappa shape index (κ3) is 9.23. The largest absolute Gasteiger partial charge is 0.484 e. The highest BCUT2D eigenvalue weighted by Gasteiger charge is 2.32. The van der Waals surface area contributed by atoms with Crippen molar-refractivity contribution in [1.82, 2.24) is 16.0 Å². The van der Waals surface area contributed by atoms with Crippen molar-refractivity contribution in [2.75, 3.05) is 26.3 Å². The maximum atomic E-state index is 12.2. The molecule has 1 aromatic carbocycles. The summed E-state index contributed by atoms with van der Waals surface area (Å²) in [5, 5.41) is 9.25. The monoisotopic (exact) mass is 430 g/mol. The van der Waals surface area contributed by atoms with Crippen molar-refractivity contribution < 1.29 is 27.4 Å². The van der Waals surface area contributed by atoms with Crippen molar-refractivity contribution >= 4 is 12.1 Å². The number of amides is 1. The Labute approximate surface area is 174 Å². The van der Waals surface area contributed by atoms with Gasteiger partial charge in [0.1, 0.15) is 5.75 Å². The number of hydrogen-bond acceptors (Lipinski definition) is 4. The lowest BCUT2D eigenvalue weighted by Gasteiger charge is -2.20. The topological polar surface area (TPSA) is 84.0 Å². The molecular formula is C20H29F3N4O3. The van der Waals surface area contributed by atoms with Gasteiger partial charge in [0.05, 0.1) is 19.2 Å². The molecule has 0 heterocycles. The minimum atomic E-state index is -4.37. The normalized spacial score (nSPS) is 15.3.